The van der Waals surface area contributed by atoms with Gasteiger partial charge in [0.15, 0.2) is 11.5 Å². The van der Waals surface area contributed by atoms with Crippen LogP contribution in [0.3, 0.4) is 0 Å². The van der Waals surface area contributed by atoms with E-state index in [-0.39, 0.29) is 5.91 Å². The van der Waals surface area contributed by atoms with Crippen LogP contribution in [0.15, 0.2) is 24.3 Å². The molecule has 27 heavy (non-hydrogen) atoms. The molecule has 1 aliphatic carbocycles. The van der Waals surface area contributed by atoms with E-state index in [1.165, 1.54) is 25.7 Å². The Morgan fingerprint density at radius 2 is 1.89 bits per heavy atom. The molecule has 0 unspecified atom stereocenters. The van der Waals surface area contributed by atoms with E-state index in [4.69, 9.17) is 9.47 Å². The van der Waals surface area contributed by atoms with Crippen LogP contribution >= 0.6 is 0 Å². The summed E-state index contributed by atoms with van der Waals surface area (Å²) >= 11 is 0. The molecule has 1 saturated heterocycles. The maximum atomic E-state index is 12.5. The first-order valence-corrected chi connectivity index (χ1v) is 10.2. The molecule has 0 spiro atoms. The van der Waals surface area contributed by atoms with Crippen molar-refractivity contribution >= 4 is 12.0 Å². The molecule has 0 bridgehead atoms. The molecule has 148 valence electrons. The zero-order valence-electron chi connectivity index (χ0n) is 16.7. The SMILES string of the molecule is CCCOc1ccc(/C=C/C(=O)N2CCN(C3CCCC3)CC2)cc1OC. The van der Waals surface area contributed by atoms with Gasteiger partial charge in [-0.3, -0.25) is 9.69 Å². The smallest absolute Gasteiger partial charge is 0.246 e. The summed E-state index contributed by atoms with van der Waals surface area (Å²) in [5.74, 6) is 1.53. The van der Waals surface area contributed by atoms with Gasteiger partial charge in [0, 0.05) is 38.3 Å². The van der Waals surface area contributed by atoms with Crippen molar-refractivity contribution in [2.24, 2.45) is 0 Å². The quantitative estimate of drug-likeness (QED) is 0.686. The van der Waals surface area contributed by atoms with E-state index >= 15 is 0 Å². The lowest BCUT2D eigenvalue weighted by Gasteiger charge is -2.37. The van der Waals surface area contributed by atoms with Crippen LogP contribution in [0, 0.1) is 0 Å². The van der Waals surface area contributed by atoms with Gasteiger partial charge < -0.3 is 14.4 Å². The van der Waals surface area contributed by atoms with Crippen molar-refractivity contribution in [2.45, 2.75) is 45.1 Å². The molecular formula is C22H32N2O3. The van der Waals surface area contributed by atoms with Crippen molar-refractivity contribution < 1.29 is 14.3 Å². The number of amides is 1. The second-order valence-corrected chi connectivity index (χ2v) is 7.39. The normalized spacial score (nSPS) is 19.0. The van der Waals surface area contributed by atoms with Crippen LogP contribution in [0.5, 0.6) is 11.5 Å². The molecule has 0 atom stereocenters. The molecule has 5 heteroatoms. The van der Waals surface area contributed by atoms with Crippen molar-refractivity contribution in [3.05, 3.63) is 29.8 Å². The summed E-state index contributed by atoms with van der Waals surface area (Å²) < 4.78 is 11.1. The average Bonchev–Trinajstić information content (AvgIpc) is 3.25. The van der Waals surface area contributed by atoms with Crippen molar-refractivity contribution in [3.63, 3.8) is 0 Å². The summed E-state index contributed by atoms with van der Waals surface area (Å²) in [5.41, 5.74) is 0.939. The molecule has 2 aliphatic rings. The minimum absolute atomic E-state index is 0.0892. The zero-order chi connectivity index (χ0) is 19.1. The number of carbonyl (C=O) groups excluding carboxylic acids is 1. The molecule has 0 aromatic heterocycles. The van der Waals surface area contributed by atoms with Gasteiger partial charge in [0.25, 0.3) is 0 Å². The molecular weight excluding hydrogens is 340 g/mol. The summed E-state index contributed by atoms with van der Waals surface area (Å²) in [4.78, 5) is 17.1. The lowest BCUT2D eigenvalue weighted by molar-refractivity contribution is -0.127. The number of ether oxygens (including phenoxy) is 2. The number of methoxy groups -OCH3 is 1. The lowest BCUT2D eigenvalue weighted by Crippen LogP contribution is -2.51. The zero-order valence-corrected chi connectivity index (χ0v) is 16.7. The number of rotatable bonds is 7. The maximum Gasteiger partial charge on any atom is 0.246 e. The molecule has 2 fully saturated rings. The number of hydrogen-bond donors (Lipinski definition) is 0. The first-order chi connectivity index (χ1) is 13.2. The minimum Gasteiger partial charge on any atom is -0.493 e. The second-order valence-electron chi connectivity index (χ2n) is 7.39. The average molecular weight is 373 g/mol. The number of hydrogen-bond acceptors (Lipinski definition) is 4. The van der Waals surface area contributed by atoms with Crippen LogP contribution in [-0.4, -0.2) is 61.6 Å². The van der Waals surface area contributed by atoms with Crippen molar-refractivity contribution in [3.8, 4) is 11.5 Å². The molecule has 1 heterocycles. The van der Waals surface area contributed by atoms with E-state index in [0.29, 0.717) is 12.4 Å². The van der Waals surface area contributed by atoms with Gasteiger partial charge in [-0.15, -0.1) is 0 Å². The molecule has 0 N–H and O–H groups in total. The Balaban J connectivity index is 1.53. The van der Waals surface area contributed by atoms with Crippen LogP contribution < -0.4 is 9.47 Å². The summed E-state index contributed by atoms with van der Waals surface area (Å²) in [6.45, 7) is 6.39. The van der Waals surface area contributed by atoms with Crippen molar-refractivity contribution in [2.75, 3.05) is 39.9 Å². The van der Waals surface area contributed by atoms with Gasteiger partial charge in [-0.25, -0.2) is 0 Å². The van der Waals surface area contributed by atoms with Gasteiger partial charge in [0.05, 0.1) is 13.7 Å². The summed E-state index contributed by atoms with van der Waals surface area (Å²) in [6, 6.07) is 6.51. The van der Waals surface area contributed by atoms with Crippen LogP contribution in [0.1, 0.15) is 44.6 Å². The van der Waals surface area contributed by atoms with E-state index < -0.39 is 0 Å². The second kappa shape index (κ2) is 9.79. The standard InChI is InChI=1S/C22H32N2O3/c1-3-16-27-20-10-8-18(17-21(20)26-2)9-11-22(25)24-14-12-23(13-15-24)19-6-4-5-7-19/h8-11,17,19H,3-7,12-16H2,1-2H3/b11-9+. The van der Waals surface area contributed by atoms with Gasteiger partial charge in [0.2, 0.25) is 5.91 Å². The largest absolute Gasteiger partial charge is 0.493 e. The molecule has 0 radical (unpaired) electrons. The van der Waals surface area contributed by atoms with E-state index in [1.54, 1.807) is 13.2 Å². The first-order valence-electron chi connectivity index (χ1n) is 10.2. The van der Waals surface area contributed by atoms with E-state index in [2.05, 4.69) is 11.8 Å². The van der Waals surface area contributed by atoms with Crippen LogP contribution in [0.2, 0.25) is 0 Å². The van der Waals surface area contributed by atoms with Gasteiger partial charge in [-0.1, -0.05) is 25.8 Å². The van der Waals surface area contributed by atoms with E-state index in [0.717, 1.165) is 50.0 Å². The third-order valence-corrected chi connectivity index (χ3v) is 5.53. The molecule has 1 amide bonds. The molecule has 5 nitrogen and oxygen atoms in total. The number of benzene rings is 1. The Labute approximate surface area is 162 Å². The number of nitrogens with zero attached hydrogens (tertiary/aromatic N) is 2. The van der Waals surface area contributed by atoms with Crippen molar-refractivity contribution in [1.82, 2.24) is 9.80 Å². The molecule has 3 rings (SSSR count). The Morgan fingerprint density at radius 3 is 2.56 bits per heavy atom. The van der Waals surface area contributed by atoms with Gasteiger partial charge >= 0.3 is 0 Å². The maximum absolute atomic E-state index is 12.5. The van der Waals surface area contributed by atoms with Crippen LogP contribution in [0.25, 0.3) is 6.08 Å². The molecule has 1 aromatic rings. The fourth-order valence-electron chi connectivity index (χ4n) is 3.97. The fraction of sp³-hybridized carbons (Fsp3) is 0.591. The Hall–Kier alpha value is -2.01. The summed E-state index contributed by atoms with van der Waals surface area (Å²) in [7, 11) is 1.64. The highest BCUT2D eigenvalue weighted by Gasteiger charge is 2.27. The molecule has 1 aromatic carbocycles. The van der Waals surface area contributed by atoms with Gasteiger partial charge in [-0.05, 0) is 43.0 Å². The summed E-state index contributed by atoms with van der Waals surface area (Å²) in [5, 5.41) is 0. The first kappa shape index (κ1) is 19.7. The molecule has 1 saturated carbocycles. The fourth-order valence-corrected chi connectivity index (χ4v) is 3.97. The number of carbonyl (C=O) groups is 1. The third-order valence-electron chi connectivity index (χ3n) is 5.53. The molecule has 1 aliphatic heterocycles. The van der Waals surface area contributed by atoms with E-state index in [1.807, 2.05) is 29.2 Å². The van der Waals surface area contributed by atoms with Gasteiger partial charge in [-0.2, -0.15) is 0 Å². The van der Waals surface area contributed by atoms with Crippen LogP contribution in [-0.2, 0) is 4.79 Å². The third kappa shape index (κ3) is 5.25. The Bertz CT molecular complexity index is 645. The topological polar surface area (TPSA) is 42.0 Å². The van der Waals surface area contributed by atoms with Crippen molar-refractivity contribution in [1.29, 1.82) is 0 Å². The predicted molar refractivity (Wildman–Crippen MR) is 108 cm³/mol. The monoisotopic (exact) mass is 372 g/mol. The Kier molecular flexibility index (Phi) is 7.16. The van der Waals surface area contributed by atoms with Gasteiger partial charge in [0.1, 0.15) is 0 Å². The van der Waals surface area contributed by atoms with E-state index in [9.17, 15) is 4.79 Å². The lowest BCUT2D eigenvalue weighted by atomic mass is 10.1. The minimum atomic E-state index is 0.0892. The predicted octanol–water partition coefficient (Wildman–Crippen LogP) is 3.58. The highest BCUT2D eigenvalue weighted by atomic mass is 16.5. The van der Waals surface area contributed by atoms with Crippen LogP contribution in [0.4, 0.5) is 0 Å². The highest BCUT2D eigenvalue weighted by Crippen LogP contribution is 2.29. The summed E-state index contributed by atoms with van der Waals surface area (Å²) in [6.07, 6.45) is 9.86. The Morgan fingerprint density at radius 1 is 1.15 bits per heavy atom. The number of piperazine rings is 1. The highest BCUT2D eigenvalue weighted by molar-refractivity contribution is 5.92.